The molecule has 0 bridgehead atoms. The zero-order chi connectivity index (χ0) is 15.9. The normalized spacial score (nSPS) is 31.5. The second-order valence-electron chi connectivity index (χ2n) is 5.40. The largest absolute Gasteiger partial charge is 0.396 e. The van der Waals surface area contributed by atoms with Crippen molar-refractivity contribution in [3.8, 4) is 0 Å². The van der Waals surface area contributed by atoms with Gasteiger partial charge in [-0.1, -0.05) is 35.4 Å². The van der Waals surface area contributed by atoms with Crippen LogP contribution in [0.2, 0.25) is 0 Å². The Kier molecular flexibility index (Phi) is 6.18. The van der Waals surface area contributed by atoms with Gasteiger partial charge in [-0.15, -0.1) is 0 Å². The number of rotatable bonds is 6. The van der Waals surface area contributed by atoms with Crippen LogP contribution in [0.5, 0.6) is 0 Å². The SMILES string of the molecule is CO[C@@H]1CC(CO)[C@H](O)[C@H](OCc2ccccc2)C1N=[N+]=[N-]. The summed E-state index contributed by atoms with van der Waals surface area (Å²) in [6.45, 7) is 0.115. The van der Waals surface area contributed by atoms with Crippen molar-refractivity contribution in [1.29, 1.82) is 0 Å². The highest BCUT2D eigenvalue weighted by Gasteiger charge is 2.44. The van der Waals surface area contributed by atoms with E-state index in [9.17, 15) is 10.2 Å². The zero-order valence-electron chi connectivity index (χ0n) is 12.4. The van der Waals surface area contributed by atoms with Crippen molar-refractivity contribution in [2.75, 3.05) is 13.7 Å². The Bertz CT molecular complexity index is 507. The number of methoxy groups -OCH3 is 1. The average Bonchev–Trinajstić information content (AvgIpc) is 2.56. The van der Waals surface area contributed by atoms with Crippen LogP contribution in [0.1, 0.15) is 12.0 Å². The molecule has 1 aliphatic rings. The van der Waals surface area contributed by atoms with E-state index in [1.807, 2.05) is 30.3 Å². The highest BCUT2D eigenvalue weighted by Crippen LogP contribution is 2.31. The minimum Gasteiger partial charge on any atom is -0.396 e. The zero-order valence-corrected chi connectivity index (χ0v) is 12.4. The van der Waals surface area contributed by atoms with Gasteiger partial charge in [0.15, 0.2) is 0 Å². The predicted molar refractivity (Wildman–Crippen MR) is 79.9 cm³/mol. The standard InChI is InChI=1S/C15H21N3O4/c1-21-12-7-11(8-19)14(20)15(13(12)17-18-16)22-9-10-5-3-2-4-6-10/h2-6,11-15,19-20H,7-9H2,1H3/t11?,12-,13?,14+,15-/m1/s1. The number of aliphatic hydroxyl groups is 2. The molecule has 1 fully saturated rings. The van der Waals surface area contributed by atoms with E-state index in [0.29, 0.717) is 6.42 Å². The summed E-state index contributed by atoms with van der Waals surface area (Å²) in [7, 11) is 1.52. The summed E-state index contributed by atoms with van der Waals surface area (Å²) in [4.78, 5) is 2.84. The first-order valence-corrected chi connectivity index (χ1v) is 7.22. The first-order chi connectivity index (χ1) is 10.7. The Morgan fingerprint density at radius 2 is 2.09 bits per heavy atom. The summed E-state index contributed by atoms with van der Waals surface area (Å²) < 4.78 is 11.2. The van der Waals surface area contributed by atoms with Crippen LogP contribution in [0.15, 0.2) is 35.4 Å². The maximum atomic E-state index is 10.4. The first kappa shape index (κ1) is 16.7. The van der Waals surface area contributed by atoms with Crippen molar-refractivity contribution in [1.82, 2.24) is 0 Å². The van der Waals surface area contributed by atoms with Crippen LogP contribution < -0.4 is 0 Å². The van der Waals surface area contributed by atoms with Gasteiger partial charge in [0.25, 0.3) is 0 Å². The van der Waals surface area contributed by atoms with E-state index >= 15 is 0 Å². The molecule has 1 saturated carbocycles. The fourth-order valence-corrected chi connectivity index (χ4v) is 2.84. The summed E-state index contributed by atoms with van der Waals surface area (Å²) in [5, 5.41) is 23.6. The van der Waals surface area contributed by atoms with E-state index in [2.05, 4.69) is 10.0 Å². The van der Waals surface area contributed by atoms with E-state index in [0.717, 1.165) is 5.56 Å². The Morgan fingerprint density at radius 1 is 1.36 bits per heavy atom. The summed E-state index contributed by atoms with van der Waals surface area (Å²) in [6, 6.07) is 8.90. The number of ether oxygens (including phenoxy) is 2. The lowest BCUT2D eigenvalue weighted by atomic mass is 9.80. The molecule has 7 nitrogen and oxygen atoms in total. The van der Waals surface area contributed by atoms with Gasteiger partial charge in [0.1, 0.15) is 0 Å². The highest BCUT2D eigenvalue weighted by molar-refractivity contribution is 5.13. The lowest BCUT2D eigenvalue weighted by Crippen LogP contribution is -2.55. The number of hydrogen-bond donors (Lipinski definition) is 2. The molecule has 0 saturated heterocycles. The van der Waals surface area contributed by atoms with Crippen LogP contribution in [0.25, 0.3) is 10.4 Å². The molecule has 0 amide bonds. The fourth-order valence-electron chi connectivity index (χ4n) is 2.84. The minimum atomic E-state index is -0.907. The number of aliphatic hydroxyl groups excluding tert-OH is 2. The van der Waals surface area contributed by atoms with Crippen LogP contribution in [0, 0.1) is 5.92 Å². The molecule has 120 valence electrons. The molecule has 0 heterocycles. The third-order valence-corrected chi connectivity index (χ3v) is 4.08. The molecule has 1 aromatic rings. The van der Waals surface area contributed by atoms with Gasteiger partial charge in [-0.2, -0.15) is 0 Å². The quantitative estimate of drug-likeness (QED) is 0.473. The van der Waals surface area contributed by atoms with Crippen molar-refractivity contribution in [3.63, 3.8) is 0 Å². The van der Waals surface area contributed by atoms with E-state index in [-0.39, 0.29) is 19.1 Å². The van der Waals surface area contributed by atoms with E-state index in [1.54, 1.807) is 0 Å². The molecule has 0 aliphatic heterocycles. The van der Waals surface area contributed by atoms with Crippen LogP contribution in [-0.2, 0) is 16.1 Å². The lowest BCUT2D eigenvalue weighted by molar-refractivity contribution is -0.144. The van der Waals surface area contributed by atoms with Crippen molar-refractivity contribution in [2.24, 2.45) is 11.0 Å². The monoisotopic (exact) mass is 307 g/mol. The summed E-state index contributed by atoms with van der Waals surface area (Å²) in [5.41, 5.74) is 9.71. The van der Waals surface area contributed by atoms with Crippen molar-refractivity contribution >= 4 is 0 Å². The van der Waals surface area contributed by atoms with Gasteiger partial charge in [-0.05, 0) is 17.5 Å². The topological polar surface area (TPSA) is 108 Å². The van der Waals surface area contributed by atoms with Crippen molar-refractivity contribution in [3.05, 3.63) is 46.3 Å². The van der Waals surface area contributed by atoms with Crippen LogP contribution in [-0.4, -0.2) is 48.3 Å². The molecule has 1 aliphatic carbocycles. The summed E-state index contributed by atoms with van der Waals surface area (Å²) in [6.07, 6.45) is -1.59. The Morgan fingerprint density at radius 3 is 2.68 bits per heavy atom. The van der Waals surface area contributed by atoms with Gasteiger partial charge >= 0.3 is 0 Å². The van der Waals surface area contributed by atoms with Crippen LogP contribution in [0.4, 0.5) is 0 Å². The smallest absolute Gasteiger partial charge is 0.0951 e. The molecule has 2 N–H and O–H groups in total. The Balaban J connectivity index is 2.15. The molecule has 22 heavy (non-hydrogen) atoms. The molecule has 1 aromatic carbocycles. The van der Waals surface area contributed by atoms with Crippen LogP contribution >= 0.6 is 0 Å². The van der Waals surface area contributed by atoms with Gasteiger partial charge in [0.2, 0.25) is 0 Å². The van der Waals surface area contributed by atoms with Crippen molar-refractivity contribution < 1.29 is 19.7 Å². The molecule has 0 radical (unpaired) electrons. The Hall–Kier alpha value is -1.63. The summed E-state index contributed by atoms with van der Waals surface area (Å²) >= 11 is 0. The molecule has 0 aromatic heterocycles. The average molecular weight is 307 g/mol. The van der Waals surface area contributed by atoms with E-state index < -0.39 is 24.4 Å². The molecule has 2 unspecified atom stereocenters. The molecule has 2 rings (SSSR count). The van der Waals surface area contributed by atoms with Crippen LogP contribution in [0.3, 0.4) is 0 Å². The maximum absolute atomic E-state index is 10.4. The third-order valence-electron chi connectivity index (χ3n) is 4.08. The van der Waals surface area contributed by atoms with Gasteiger partial charge in [0, 0.05) is 24.5 Å². The molecular weight excluding hydrogens is 286 g/mol. The van der Waals surface area contributed by atoms with Crippen molar-refractivity contribution in [2.45, 2.75) is 37.4 Å². The second kappa shape index (κ2) is 8.12. The summed E-state index contributed by atoms with van der Waals surface area (Å²) in [5.74, 6) is -0.365. The number of nitrogens with zero attached hydrogens (tertiary/aromatic N) is 3. The lowest BCUT2D eigenvalue weighted by Gasteiger charge is -2.41. The second-order valence-corrected chi connectivity index (χ2v) is 5.40. The molecule has 7 heteroatoms. The number of hydrogen-bond acceptors (Lipinski definition) is 5. The maximum Gasteiger partial charge on any atom is 0.0951 e. The third kappa shape index (κ3) is 3.76. The molecular formula is C15H21N3O4. The highest BCUT2D eigenvalue weighted by atomic mass is 16.5. The fraction of sp³-hybridized carbons (Fsp3) is 0.600. The van der Waals surface area contributed by atoms with Gasteiger partial charge in [-0.3, -0.25) is 0 Å². The minimum absolute atomic E-state index is 0.171. The van der Waals surface area contributed by atoms with E-state index in [4.69, 9.17) is 15.0 Å². The van der Waals surface area contributed by atoms with Gasteiger partial charge < -0.3 is 19.7 Å². The van der Waals surface area contributed by atoms with E-state index in [1.165, 1.54) is 7.11 Å². The number of azide groups is 1. The first-order valence-electron chi connectivity index (χ1n) is 7.22. The van der Waals surface area contributed by atoms with Gasteiger partial charge in [-0.25, -0.2) is 0 Å². The predicted octanol–water partition coefficient (Wildman–Crippen LogP) is 1.64. The Labute approximate surface area is 129 Å². The molecule has 0 spiro atoms. The number of benzene rings is 1. The van der Waals surface area contributed by atoms with Gasteiger partial charge in [0.05, 0.1) is 31.0 Å². The molecule has 5 atom stereocenters.